The Morgan fingerprint density at radius 1 is 1.28 bits per heavy atom. The van der Waals surface area contributed by atoms with E-state index in [-0.39, 0.29) is 18.6 Å². The number of hydrogen-bond acceptors (Lipinski definition) is 4. The smallest absolute Gasteiger partial charge is 0.147 e. The van der Waals surface area contributed by atoms with Crippen molar-refractivity contribution in [1.29, 1.82) is 0 Å². The van der Waals surface area contributed by atoms with Gasteiger partial charge in [-0.3, -0.25) is 0 Å². The first-order valence-corrected chi connectivity index (χ1v) is 6.32. The van der Waals surface area contributed by atoms with Crippen LogP contribution >= 0.6 is 0 Å². The van der Waals surface area contributed by atoms with Crippen molar-refractivity contribution in [2.24, 2.45) is 5.92 Å². The van der Waals surface area contributed by atoms with E-state index in [2.05, 4.69) is 0 Å². The van der Waals surface area contributed by atoms with Crippen LogP contribution in [0.25, 0.3) is 0 Å². The van der Waals surface area contributed by atoms with Gasteiger partial charge in [-0.1, -0.05) is 30.3 Å². The van der Waals surface area contributed by atoms with E-state index < -0.39 is 0 Å². The van der Waals surface area contributed by atoms with E-state index >= 15 is 0 Å². The maximum atomic E-state index is 8.99. The molecule has 1 N–H and O–H groups in total. The highest BCUT2D eigenvalue weighted by molar-refractivity contribution is 5.13. The van der Waals surface area contributed by atoms with Gasteiger partial charge in [-0.2, -0.15) is 0 Å². The van der Waals surface area contributed by atoms with Gasteiger partial charge < -0.3 is 19.3 Å². The van der Waals surface area contributed by atoms with Crippen molar-refractivity contribution in [3.63, 3.8) is 0 Å². The molecule has 0 saturated carbocycles. The molecular formula is C14H20O4. The molecule has 0 aliphatic carbocycles. The van der Waals surface area contributed by atoms with Crippen LogP contribution in [-0.4, -0.2) is 37.8 Å². The molecule has 0 bridgehead atoms. The Morgan fingerprint density at radius 2 is 2.11 bits per heavy atom. The average Bonchev–Trinajstić information content (AvgIpc) is 2.42. The van der Waals surface area contributed by atoms with E-state index in [1.807, 2.05) is 30.3 Å². The summed E-state index contributed by atoms with van der Waals surface area (Å²) in [6, 6.07) is 10.1. The van der Waals surface area contributed by atoms with E-state index in [9.17, 15) is 0 Å². The Kier molecular flexibility index (Phi) is 5.61. The highest BCUT2D eigenvalue weighted by Crippen LogP contribution is 2.18. The summed E-state index contributed by atoms with van der Waals surface area (Å²) in [6.07, 6.45) is 0.717. The molecule has 2 atom stereocenters. The minimum Gasteiger partial charge on any atom is -0.396 e. The van der Waals surface area contributed by atoms with Gasteiger partial charge in [-0.05, 0) is 12.0 Å². The molecule has 1 aromatic rings. The van der Waals surface area contributed by atoms with Crippen molar-refractivity contribution in [1.82, 2.24) is 0 Å². The molecule has 2 unspecified atom stereocenters. The van der Waals surface area contributed by atoms with E-state index in [1.165, 1.54) is 0 Å². The maximum Gasteiger partial charge on any atom is 0.147 e. The summed E-state index contributed by atoms with van der Waals surface area (Å²) in [5, 5.41) is 8.99. The molecule has 1 aliphatic heterocycles. The number of aliphatic hydroxyl groups is 1. The standard InChI is InChI=1S/C14H20O4/c15-7-6-13-9-17-11-18-14(13)10-16-8-12-4-2-1-3-5-12/h1-5,13-15H,6-11H2. The molecule has 100 valence electrons. The summed E-state index contributed by atoms with van der Waals surface area (Å²) in [5.74, 6) is 0.222. The predicted molar refractivity (Wildman–Crippen MR) is 67.0 cm³/mol. The second-order valence-corrected chi connectivity index (χ2v) is 4.47. The third-order valence-corrected chi connectivity index (χ3v) is 3.12. The van der Waals surface area contributed by atoms with E-state index in [0.29, 0.717) is 33.0 Å². The van der Waals surface area contributed by atoms with Crippen LogP contribution in [0.15, 0.2) is 30.3 Å². The van der Waals surface area contributed by atoms with Crippen LogP contribution in [0.1, 0.15) is 12.0 Å². The lowest BCUT2D eigenvalue weighted by Crippen LogP contribution is -2.38. The fourth-order valence-electron chi connectivity index (χ4n) is 2.06. The van der Waals surface area contributed by atoms with Gasteiger partial charge in [-0.25, -0.2) is 0 Å². The van der Waals surface area contributed by atoms with Crippen LogP contribution in [0.4, 0.5) is 0 Å². The van der Waals surface area contributed by atoms with Crippen LogP contribution < -0.4 is 0 Å². The number of rotatable bonds is 6. The van der Waals surface area contributed by atoms with Crippen molar-refractivity contribution < 1.29 is 19.3 Å². The zero-order valence-electron chi connectivity index (χ0n) is 10.5. The van der Waals surface area contributed by atoms with Gasteiger partial charge in [0.1, 0.15) is 6.79 Å². The molecule has 1 heterocycles. The van der Waals surface area contributed by atoms with Gasteiger partial charge in [0.2, 0.25) is 0 Å². The first-order chi connectivity index (χ1) is 8.90. The molecule has 4 heteroatoms. The third kappa shape index (κ3) is 4.07. The molecule has 2 rings (SSSR count). The summed E-state index contributed by atoms with van der Waals surface area (Å²) in [5.41, 5.74) is 1.16. The van der Waals surface area contributed by atoms with Gasteiger partial charge in [0.25, 0.3) is 0 Å². The molecule has 1 saturated heterocycles. The molecule has 0 aromatic heterocycles. The van der Waals surface area contributed by atoms with E-state index in [4.69, 9.17) is 19.3 Å². The summed E-state index contributed by atoms with van der Waals surface area (Å²) < 4.78 is 16.4. The molecule has 4 nitrogen and oxygen atoms in total. The number of aliphatic hydroxyl groups excluding tert-OH is 1. The van der Waals surface area contributed by atoms with Crippen molar-refractivity contribution >= 4 is 0 Å². The monoisotopic (exact) mass is 252 g/mol. The van der Waals surface area contributed by atoms with Crippen molar-refractivity contribution in [2.45, 2.75) is 19.1 Å². The fraction of sp³-hybridized carbons (Fsp3) is 0.571. The summed E-state index contributed by atoms with van der Waals surface area (Å²) in [7, 11) is 0. The zero-order chi connectivity index (χ0) is 12.6. The summed E-state index contributed by atoms with van der Waals surface area (Å²) in [6.45, 7) is 2.25. The third-order valence-electron chi connectivity index (χ3n) is 3.12. The Balaban J connectivity index is 1.74. The number of ether oxygens (including phenoxy) is 3. The molecule has 0 radical (unpaired) electrons. The van der Waals surface area contributed by atoms with Crippen LogP contribution in [0.2, 0.25) is 0 Å². The first-order valence-electron chi connectivity index (χ1n) is 6.32. The number of benzene rings is 1. The molecule has 1 aliphatic rings. The first kappa shape index (κ1) is 13.5. The van der Waals surface area contributed by atoms with Gasteiger partial charge in [0, 0.05) is 12.5 Å². The molecule has 18 heavy (non-hydrogen) atoms. The maximum absolute atomic E-state index is 8.99. The van der Waals surface area contributed by atoms with Crippen molar-refractivity contribution in [3.05, 3.63) is 35.9 Å². The number of hydrogen-bond donors (Lipinski definition) is 1. The topological polar surface area (TPSA) is 47.9 Å². The molecule has 0 amide bonds. The Labute approximate surface area is 107 Å². The van der Waals surface area contributed by atoms with Crippen molar-refractivity contribution in [3.8, 4) is 0 Å². The second kappa shape index (κ2) is 7.48. The lowest BCUT2D eigenvalue weighted by atomic mass is 10.00. The van der Waals surface area contributed by atoms with Gasteiger partial charge in [0.05, 0.1) is 25.9 Å². The minimum absolute atomic E-state index is 0.0228. The SMILES string of the molecule is OCCC1COCOC1COCc1ccccc1. The van der Waals surface area contributed by atoms with E-state index in [1.54, 1.807) is 0 Å². The van der Waals surface area contributed by atoms with Crippen molar-refractivity contribution in [2.75, 3.05) is 26.6 Å². The molecule has 1 aromatic carbocycles. The fourth-order valence-corrected chi connectivity index (χ4v) is 2.06. The average molecular weight is 252 g/mol. The highest BCUT2D eigenvalue weighted by Gasteiger charge is 2.26. The Morgan fingerprint density at radius 3 is 2.89 bits per heavy atom. The van der Waals surface area contributed by atoms with Gasteiger partial charge >= 0.3 is 0 Å². The molecule has 1 fully saturated rings. The summed E-state index contributed by atoms with van der Waals surface area (Å²) in [4.78, 5) is 0. The second-order valence-electron chi connectivity index (χ2n) is 4.47. The Hall–Kier alpha value is -0.940. The lowest BCUT2D eigenvalue weighted by molar-refractivity contribution is -0.189. The van der Waals surface area contributed by atoms with Crippen LogP contribution in [0.3, 0.4) is 0 Å². The quantitative estimate of drug-likeness (QED) is 0.835. The normalized spacial score (nSPS) is 24.1. The Bertz CT molecular complexity index is 326. The largest absolute Gasteiger partial charge is 0.396 e. The van der Waals surface area contributed by atoms with Crippen LogP contribution in [-0.2, 0) is 20.8 Å². The molecule has 0 spiro atoms. The van der Waals surface area contributed by atoms with E-state index in [0.717, 1.165) is 5.56 Å². The lowest BCUT2D eigenvalue weighted by Gasteiger charge is -2.31. The predicted octanol–water partition coefficient (Wildman–Crippen LogP) is 1.57. The summed E-state index contributed by atoms with van der Waals surface area (Å²) >= 11 is 0. The van der Waals surface area contributed by atoms with Crippen LogP contribution in [0.5, 0.6) is 0 Å². The van der Waals surface area contributed by atoms with Gasteiger partial charge in [0.15, 0.2) is 0 Å². The minimum atomic E-state index is 0.0228. The highest BCUT2D eigenvalue weighted by atomic mass is 16.7. The molecular weight excluding hydrogens is 232 g/mol. The zero-order valence-corrected chi connectivity index (χ0v) is 10.5. The van der Waals surface area contributed by atoms with Crippen LogP contribution in [0, 0.1) is 5.92 Å². The van der Waals surface area contributed by atoms with Gasteiger partial charge in [-0.15, -0.1) is 0 Å².